The lowest BCUT2D eigenvalue weighted by atomic mass is 9.99. The third-order valence-electron chi connectivity index (χ3n) is 5.90. The molecule has 208 valence electrons. The Bertz CT molecular complexity index is 1420. The van der Waals surface area contributed by atoms with Crippen LogP contribution in [0.1, 0.15) is 28.5 Å². The van der Waals surface area contributed by atoms with Gasteiger partial charge in [0.1, 0.15) is 11.4 Å². The normalized spacial score (nSPS) is 15.8. The van der Waals surface area contributed by atoms with Crippen LogP contribution < -0.4 is 10.5 Å². The first-order valence-electron chi connectivity index (χ1n) is 11.4. The summed E-state index contributed by atoms with van der Waals surface area (Å²) < 4.78 is 83.0. The molecule has 3 aromatic rings. The van der Waals surface area contributed by atoms with Crippen LogP contribution in [0.2, 0.25) is 5.02 Å². The molecule has 1 unspecified atom stereocenters. The second kappa shape index (κ2) is 10.5. The van der Waals surface area contributed by atoms with Gasteiger partial charge in [0.2, 0.25) is 0 Å². The summed E-state index contributed by atoms with van der Waals surface area (Å²) in [4.78, 5) is 29.2. The summed E-state index contributed by atoms with van der Waals surface area (Å²) in [6, 6.07) is 10.7. The third kappa shape index (κ3) is 5.98. The number of hydrogen-bond donors (Lipinski definition) is 1. The number of hydrogen-bond acceptors (Lipinski definition) is 5. The van der Waals surface area contributed by atoms with Crippen LogP contribution in [-0.2, 0) is 9.63 Å². The highest BCUT2D eigenvalue weighted by Gasteiger charge is 2.45. The number of halogens is 7. The van der Waals surface area contributed by atoms with E-state index >= 15 is 0 Å². The number of nitrogens with two attached hydrogens (primary N) is 1. The van der Waals surface area contributed by atoms with Crippen molar-refractivity contribution in [2.45, 2.75) is 31.9 Å². The molecule has 1 amide bonds. The van der Waals surface area contributed by atoms with Gasteiger partial charge in [0.05, 0.1) is 18.3 Å². The molecule has 1 aromatic heterocycles. The van der Waals surface area contributed by atoms with E-state index in [1.54, 1.807) is 31.2 Å². The van der Waals surface area contributed by atoms with Gasteiger partial charge in [-0.05, 0) is 55.8 Å². The van der Waals surface area contributed by atoms with Crippen molar-refractivity contribution >= 4 is 23.5 Å². The Hall–Kier alpha value is -3.71. The number of aryl methyl sites for hydroxylation is 1. The fraction of sp³-hybridized carbons (Fsp3) is 0.280. The number of ether oxygens (including phenoxy) is 1. The van der Waals surface area contributed by atoms with Crippen LogP contribution in [0.15, 0.2) is 48.5 Å². The van der Waals surface area contributed by atoms with Gasteiger partial charge in [-0.15, -0.1) is 13.2 Å². The molecule has 0 bridgehead atoms. The van der Waals surface area contributed by atoms with E-state index in [0.717, 1.165) is 17.7 Å². The van der Waals surface area contributed by atoms with Crippen molar-refractivity contribution < 1.29 is 45.5 Å². The summed E-state index contributed by atoms with van der Waals surface area (Å²) in [6.07, 6.45) is -10.2. The number of carbonyl (C=O) groups excluding carboxylic acids is 2. The minimum absolute atomic E-state index is 0.0181. The molecule has 2 heterocycles. The number of benzene rings is 2. The van der Waals surface area contributed by atoms with E-state index < -0.39 is 42.8 Å². The smallest absolute Gasteiger partial charge is 0.406 e. The first kappa shape index (κ1) is 28.3. The zero-order chi connectivity index (χ0) is 28.7. The molecule has 0 spiro atoms. The van der Waals surface area contributed by atoms with E-state index in [0.29, 0.717) is 16.3 Å². The van der Waals surface area contributed by atoms with Gasteiger partial charge in [0.15, 0.2) is 0 Å². The van der Waals surface area contributed by atoms with Gasteiger partial charge in [0, 0.05) is 16.1 Å². The Morgan fingerprint density at radius 1 is 1.08 bits per heavy atom. The van der Waals surface area contributed by atoms with Gasteiger partial charge < -0.3 is 19.9 Å². The van der Waals surface area contributed by atoms with Gasteiger partial charge in [-0.25, -0.2) is 4.79 Å². The Balaban J connectivity index is 1.95. The van der Waals surface area contributed by atoms with E-state index in [4.69, 9.17) is 17.3 Å². The SMILES string of the molecule is Cc1cccc(-c2c(-c3cc(OC(F)(F)F)ccc3Cl)cc3n2C(CCN)CN(OC(=O)C(F)(F)F)C3=O)c1. The molecule has 0 radical (unpaired) electrons. The maximum atomic E-state index is 13.3. The lowest BCUT2D eigenvalue weighted by Gasteiger charge is -2.34. The summed E-state index contributed by atoms with van der Waals surface area (Å²) >= 11 is 6.38. The quantitative estimate of drug-likeness (QED) is 0.362. The molecule has 7 nitrogen and oxygen atoms in total. The molecule has 0 fully saturated rings. The molecule has 1 atom stereocenters. The summed E-state index contributed by atoms with van der Waals surface area (Å²) in [7, 11) is 0. The summed E-state index contributed by atoms with van der Waals surface area (Å²) in [5.74, 6) is -4.23. The molecule has 4 rings (SSSR count). The highest BCUT2D eigenvalue weighted by atomic mass is 35.5. The predicted octanol–water partition coefficient (Wildman–Crippen LogP) is 6.05. The Kier molecular flexibility index (Phi) is 7.59. The molecule has 0 aliphatic carbocycles. The average Bonchev–Trinajstić information content (AvgIpc) is 3.23. The Labute approximate surface area is 222 Å². The molecule has 0 saturated heterocycles. The van der Waals surface area contributed by atoms with Crippen molar-refractivity contribution in [2.24, 2.45) is 5.73 Å². The molecular weight excluding hydrogens is 556 g/mol. The van der Waals surface area contributed by atoms with Crippen LogP contribution in [0.5, 0.6) is 5.75 Å². The van der Waals surface area contributed by atoms with Crippen molar-refractivity contribution in [3.63, 3.8) is 0 Å². The van der Waals surface area contributed by atoms with Gasteiger partial charge in [-0.1, -0.05) is 35.4 Å². The molecule has 0 saturated carbocycles. The maximum Gasteiger partial charge on any atom is 0.573 e. The zero-order valence-electron chi connectivity index (χ0n) is 20.1. The molecular formula is C25H20ClF6N3O4. The fourth-order valence-corrected chi connectivity index (χ4v) is 4.62. The Morgan fingerprint density at radius 3 is 2.41 bits per heavy atom. The third-order valence-corrected chi connectivity index (χ3v) is 6.23. The van der Waals surface area contributed by atoms with Gasteiger partial charge in [-0.2, -0.15) is 18.2 Å². The van der Waals surface area contributed by atoms with Crippen molar-refractivity contribution in [2.75, 3.05) is 13.1 Å². The van der Waals surface area contributed by atoms with E-state index in [-0.39, 0.29) is 34.8 Å². The van der Waals surface area contributed by atoms with E-state index in [9.17, 15) is 35.9 Å². The fourth-order valence-electron chi connectivity index (χ4n) is 4.40. The van der Waals surface area contributed by atoms with Crippen molar-refractivity contribution in [1.82, 2.24) is 9.63 Å². The molecule has 2 N–H and O–H groups in total. The monoisotopic (exact) mass is 575 g/mol. The van der Waals surface area contributed by atoms with Crippen LogP contribution in [0.4, 0.5) is 26.3 Å². The van der Waals surface area contributed by atoms with Gasteiger partial charge >= 0.3 is 24.4 Å². The van der Waals surface area contributed by atoms with Gasteiger partial charge in [-0.3, -0.25) is 4.79 Å². The standard InChI is InChI=1S/C25H20ClF6N3O4/c1-13-3-2-4-14(9-13)21-18(17-10-16(5-6-19(17)26)38-25(30,31)32)11-20-22(36)34(39-23(37)24(27,28)29)12-15(7-8-33)35(20)21/h2-6,9-11,15H,7-8,12,33H2,1H3. The second-order valence-electron chi connectivity index (χ2n) is 8.69. The summed E-state index contributed by atoms with van der Waals surface area (Å²) in [5.41, 5.74) is 7.55. The predicted molar refractivity (Wildman–Crippen MR) is 128 cm³/mol. The number of alkyl halides is 6. The van der Waals surface area contributed by atoms with Gasteiger partial charge in [0.25, 0.3) is 0 Å². The highest BCUT2D eigenvalue weighted by molar-refractivity contribution is 6.33. The lowest BCUT2D eigenvalue weighted by molar-refractivity contribution is -0.274. The summed E-state index contributed by atoms with van der Waals surface area (Å²) in [6.45, 7) is 1.40. The van der Waals surface area contributed by atoms with E-state index in [1.165, 1.54) is 16.7 Å². The molecule has 14 heteroatoms. The number of fused-ring (bicyclic) bond motifs is 1. The number of carbonyl (C=O) groups is 2. The molecule has 39 heavy (non-hydrogen) atoms. The number of nitrogens with zero attached hydrogens (tertiary/aromatic N) is 2. The van der Waals surface area contributed by atoms with Crippen LogP contribution in [0, 0.1) is 6.92 Å². The summed E-state index contributed by atoms with van der Waals surface area (Å²) in [5, 5.41) is 0.324. The van der Waals surface area contributed by atoms with Crippen molar-refractivity contribution in [3.8, 4) is 28.1 Å². The van der Waals surface area contributed by atoms with Crippen molar-refractivity contribution in [3.05, 3.63) is 64.8 Å². The number of hydroxylamine groups is 2. The Morgan fingerprint density at radius 2 is 1.79 bits per heavy atom. The average molecular weight is 576 g/mol. The number of rotatable bonds is 6. The molecule has 1 aliphatic heterocycles. The lowest BCUT2D eigenvalue weighted by Crippen LogP contribution is -2.46. The van der Waals surface area contributed by atoms with E-state index in [2.05, 4.69) is 9.57 Å². The number of amides is 1. The van der Waals surface area contributed by atoms with Crippen LogP contribution in [0.3, 0.4) is 0 Å². The minimum Gasteiger partial charge on any atom is -0.406 e. The minimum atomic E-state index is -5.35. The van der Waals surface area contributed by atoms with E-state index in [1.807, 2.05) is 0 Å². The first-order chi connectivity index (χ1) is 18.2. The van der Waals surface area contributed by atoms with Crippen LogP contribution in [0.25, 0.3) is 22.4 Å². The molecule has 1 aliphatic rings. The largest absolute Gasteiger partial charge is 0.573 e. The topological polar surface area (TPSA) is 86.8 Å². The zero-order valence-corrected chi connectivity index (χ0v) is 20.8. The van der Waals surface area contributed by atoms with Crippen molar-refractivity contribution in [1.29, 1.82) is 0 Å². The highest BCUT2D eigenvalue weighted by Crippen LogP contribution is 2.44. The first-order valence-corrected chi connectivity index (χ1v) is 11.8. The molecule has 2 aromatic carbocycles. The van der Waals surface area contributed by atoms with Crippen LogP contribution >= 0.6 is 11.6 Å². The van der Waals surface area contributed by atoms with Crippen LogP contribution in [-0.4, -0.2) is 47.1 Å². The maximum absolute atomic E-state index is 13.3. The number of aromatic nitrogens is 1. The second-order valence-corrected chi connectivity index (χ2v) is 9.10.